The topological polar surface area (TPSA) is 57.7 Å². The van der Waals surface area contributed by atoms with E-state index in [0.717, 1.165) is 31.5 Å². The number of rotatable bonds is 4. The highest BCUT2D eigenvalue weighted by Gasteiger charge is 2.21. The highest BCUT2D eigenvalue weighted by Crippen LogP contribution is 2.18. The molecule has 22 heavy (non-hydrogen) atoms. The van der Waals surface area contributed by atoms with E-state index in [2.05, 4.69) is 6.92 Å². The van der Waals surface area contributed by atoms with Crippen LogP contribution in [0, 0.1) is 5.92 Å². The van der Waals surface area contributed by atoms with Gasteiger partial charge in [0.15, 0.2) is 0 Å². The summed E-state index contributed by atoms with van der Waals surface area (Å²) in [7, 11) is -0.403. The Hall–Kier alpha value is -1.40. The van der Waals surface area contributed by atoms with Gasteiger partial charge in [0, 0.05) is 27.2 Å². The molecule has 1 aliphatic rings. The first kappa shape index (κ1) is 17.0. The number of hydrogen-bond donors (Lipinski definition) is 0. The summed E-state index contributed by atoms with van der Waals surface area (Å²) in [5, 5.41) is 0. The molecule has 0 radical (unpaired) electrons. The summed E-state index contributed by atoms with van der Waals surface area (Å²) in [6.07, 6.45) is 2.45. The number of likely N-dealkylation sites (tertiary alicyclic amines) is 1. The molecule has 5 nitrogen and oxygen atoms in total. The van der Waals surface area contributed by atoms with Gasteiger partial charge in [0.25, 0.3) is 0 Å². The van der Waals surface area contributed by atoms with E-state index in [1.807, 2.05) is 4.90 Å². The Labute approximate surface area is 133 Å². The van der Waals surface area contributed by atoms with Crippen molar-refractivity contribution in [3.05, 3.63) is 29.8 Å². The molecule has 1 fully saturated rings. The van der Waals surface area contributed by atoms with Gasteiger partial charge in [-0.3, -0.25) is 4.79 Å². The lowest BCUT2D eigenvalue weighted by atomic mass is 9.98. The van der Waals surface area contributed by atoms with Crippen molar-refractivity contribution < 1.29 is 13.2 Å². The maximum atomic E-state index is 12.3. The van der Waals surface area contributed by atoms with Gasteiger partial charge < -0.3 is 4.90 Å². The molecule has 1 heterocycles. The minimum atomic E-state index is -3.41. The van der Waals surface area contributed by atoms with Crippen molar-refractivity contribution in [2.24, 2.45) is 5.92 Å². The van der Waals surface area contributed by atoms with E-state index in [0.29, 0.717) is 12.3 Å². The molecule has 1 aromatic carbocycles. The number of carbonyl (C=O) groups excluding carboxylic acids is 1. The van der Waals surface area contributed by atoms with Crippen molar-refractivity contribution in [2.45, 2.75) is 31.1 Å². The quantitative estimate of drug-likeness (QED) is 0.847. The minimum Gasteiger partial charge on any atom is -0.342 e. The van der Waals surface area contributed by atoms with E-state index < -0.39 is 10.0 Å². The van der Waals surface area contributed by atoms with Crippen LogP contribution in [0.2, 0.25) is 0 Å². The molecular formula is C16H24N2O3S. The minimum absolute atomic E-state index is 0.120. The second-order valence-electron chi connectivity index (χ2n) is 6.17. The predicted octanol–water partition coefficient (Wildman–Crippen LogP) is 1.74. The van der Waals surface area contributed by atoms with Gasteiger partial charge in [-0.2, -0.15) is 0 Å². The Kier molecular flexibility index (Phi) is 5.24. The first-order chi connectivity index (χ1) is 10.3. The molecule has 6 heteroatoms. The van der Waals surface area contributed by atoms with Crippen LogP contribution < -0.4 is 0 Å². The lowest BCUT2D eigenvalue weighted by Crippen LogP contribution is -2.38. The number of hydrogen-bond acceptors (Lipinski definition) is 3. The van der Waals surface area contributed by atoms with Crippen LogP contribution in [0.4, 0.5) is 0 Å². The fourth-order valence-corrected chi connectivity index (χ4v) is 3.44. The maximum Gasteiger partial charge on any atom is 0.242 e. The zero-order chi connectivity index (χ0) is 16.3. The summed E-state index contributed by atoms with van der Waals surface area (Å²) in [5.74, 6) is 0.815. The van der Waals surface area contributed by atoms with Crippen LogP contribution in [0.15, 0.2) is 29.2 Å². The van der Waals surface area contributed by atoms with Crippen LogP contribution in [-0.4, -0.2) is 50.7 Å². The number of carbonyl (C=O) groups is 1. The van der Waals surface area contributed by atoms with Crippen LogP contribution in [0.3, 0.4) is 0 Å². The van der Waals surface area contributed by atoms with E-state index in [1.165, 1.54) is 18.4 Å². The largest absolute Gasteiger partial charge is 0.342 e. The summed E-state index contributed by atoms with van der Waals surface area (Å²) in [5.41, 5.74) is 0.848. The molecule has 0 bridgehead atoms. The molecule has 0 saturated carbocycles. The molecule has 0 N–H and O–H groups in total. The number of piperidine rings is 1. The fraction of sp³-hybridized carbons (Fsp3) is 0.562. The molecule has 1 aromatic rings. The van der Waals surface area contributed by atoms with Crippen molar-refractivity contribution in [3.8, 4) is 0 Å². The Bertz CT molecular complexity index is 615. The van der Waals surface area contributed by atoms with Crippen molar-refractivity contribution in [1.82, 2.24) is 9.21 Å². The monoisotopic (exact) mass is 324 g/mol. The molecule has 2 rings (SSSR count). The van der Waals surface area contributed by atoms with Crippen LogP contribution >= 0.6 is 0 Å². The highest BCUT2D eigenvalue weighted by molar-refractivity contribution is 7.89. The SMILES string of the molecule is CC1CCN(C(=O)Cc2ccc(S(=O)(=O)N(C)C)cc2)CC1. The molecule has 0 aliphatic carbocycles. The average Bonchev–Trinajstić information content (AvgIpc) is 2.48. The Morgan fingerprint density at radius 2 is 1.73 bits per heavy atom. The number of benzene rings is 1. The Balaban J connectivity index is 2.01. The molecule has 0 atom stereocenters. The first-order valence-electron chi connectivity index (χ1n) is 7.60. The van der Waals surface area contributed by atoms with Crippen molar-refractivity contribution in [2.75, 3.05) is 27.2 Å². The number of nitrogens with zero attached hydrogens (tertiary/aromatic N) is 2. The maximum absolute atomic E-state index is 12.3. The van der Waals surface area contributed by atoms with Gasteiger partial charge in [-0.1, -0.05) is 19.1 Å². The third kappa shape index (κ3) is 3.87. The van der Waals surface area contributed by atoms with Crippen molar-refractivity contribution >= 4 is 15.9 Å². The van der Waals surface area contributed by atoms with Gasteiger partial charge in [0.05, 0.1) is 11.3 Å². The fourth-order valence-electron chi connectivity index (χ4n) is 2.53. The van der Waals surface area contributed by atoms with E-state index in [9.17, 15) is 13.2 Å². The van der Waals surface area contributed by atoms with Gasteiger partial charge >= 0.3 is 0 Å². The second-order valence-corrected chi connectivity index (χ2v) is 8.32. The molecular weight excluding hydrogens is 300 g/mol. The summed E-state index contributed by atoms with van der Waals surface area (Å²) >= 11 is 0. The Morgan fingerprint density at radius 1 is 1.18 bits per heavy atom. The molecule has 0 unspecified atom stereocenters. The lowest BCUT2D eigenvalue weighted by Gasteiger charge is -2.30. The summed E-state index contributed by atoms with van der Waals surface area (Å²) in [6.45, 7) is 3.87. The molecule has 1 aliphatic heterocycles. The number of sulfonamides is 1. The molecule has 0 spiro atoms. The van der Waals surface area contributed by atoms with E-state index in [1.54, 1.807) is 24.3 Å². The van der Waals surface area contributed by atoms with E-state index in [-0.39, 0.29) is 10.8 Å². The second kappa shape index (κ2) is 6.79. The Morgan fingerprint density at radius 3 is 2.23 bits per heavy atom. The zero-order valence-corrected chi connectivity index (χ0v) is 14.3. The highest BCUT2D eigenvalue weighted by atomic mass is 32.2. The van der Waals surface area contributed by atoms with Crippen LogP contribution in [0.5, 0.6) is 0 Å². The summed E-state index contributed by atoms with van der Waals surface area (Å²) in [6, 6.07) is 6.58. The molecule has 122 valence electrons. The smallest absolute Gasteiger partial charge is 0.242 e. The standard InChI is InChI=1S/C16H24N2O3S/c1-13-8-10-18(11-9-13)16(19)12-14-4-6-15(7-5-14)22(20,21)17(2)3/h4-7,13H,8-12H2,1-3H3. The van der Waals surface area contributed by atoms with Crippen molar-refractivity contribution in [3.63, 3.8) is 0 Å². The number of amides is 1. The third-order valence-electron chi connectivity index (χ3n) is 4.19. The predicted molar refractivity (Wildman–Crippen MR) is 86.0 cm³/mol. The van der Waals surface area contributed by atoms with E-state index >= 15 is 0 Å². The van der Waals surface area contributed by atoms with Crippen molar-refractivity contribution in [1.29, 1.82) is 0 Å². The third-order valence-corrected chi connectivity index (χ3v) is 6.02. The van der Waals surface area contributed by atoms with Gasteiger partial charge in [-0.05, 0) is 36.5 Å². The zero-order valence-electron chi connectivity index (χ0n) is 13.4. The molecule has 1 saturated heterocycles. The normalized spacial score (nSPS) is 17.0. The van der Waals surface area contributed by atoms with Crippen LogP contribution in [0.25, 0.3) is 0 Å². The first-order valence-corrected chi connectivity index (χ1v) is 9.04. The lowest BCUT2D eigenvalue weighted by molar-refractivity contribution is -0.131. The molecule has 0 aromatic heterocycles. The van der Waals surface area contributed by atoms with E-state index in [4.69, 9.17) is 0 Å². The summed E-state index contributed by atoms with van der Waals surface area (Å²) in [4.78, 5) is 14.4. The van der Waals surface area contributed by atoms with Crippen LogP contribution in [0.1, 0.15) is 25.3 Å². The van der Waals surface area contributed by atoms with Gasteiger partial charge in [0.2, 0.25) is 15.9 Å². The van der Waals surface area contributed by atoms with Gasteiger partial charge in [0.1, 0.15) is 0 Å². The average molecular weight is 324 g/mol. The van der Waals surface area contributed by atoms with Gasteiger partial charge in [-0.25, -0.2) is 12.7 Å². The van der Waals surface area contributed by atoms with Gasteiger partial charge in [-0.15, -0.1) is 0 Å². The summed E-state index contributed by atoms with van der Waals surface area (Å²) < 4.78 is 25.2. The van der Waals surface area contributed by atoms with Crippen LogP contribution in [-0.2, 0) is 21.2 Å². The molecule has 1 amide bonds.